The van der Waals surface area contributed by atoms with Crippen molar-refractivity contribution in [3.05, 3.63) is 10.4 Å². The van der Waals surface area contributed by atoms with E-state index in [0.29, 0.717) is 18.2 Å². The number of hydrogen-bond donors (Lipinski definition) is 4. The average molecular weight is 243 g/mol. The van der Waals surface area contributed by atoms with Gasteiger partial charge in [-0.25, -0.2) is 4.39 Å². The molecule has 0 fully saturated rings. The Bertz CT molecular complexity index is 463. The Balaban J connectivity index is 2.19. The third kappa shape index (κ3) is 2.31. The number of nitrogens with one attached hydrogen (secondary N) is 2. The van der Waals surface area contributed by atoms with Gasteiger partial charge in [0, 0.05) is 13.0 Å². The van der Waals surface area contributed by atoms with E-state index in [0.717, 1.165) is 0 Å². The second-order valence-corrected chi connectivity index (χ2v) is 3.82. The van der Waals surface area contributed by atoms with Gasteiger partial charge in [0.1, 0.15) is 11.9 Å². The Kier molecular flexibility index (Phi) is 3.14. The van der Waals surface area contributed by atoms with Crippen molar-refractivity contribution in [3.8, 4) is 0 Å². The number of aliphatic hydroxyl groups excluding tert-OH is 1. The lowest BCUT2D eigenvalue weighted by Gasteiger charge is -2.18. The fraction of sp³-hybridized carbons (Fsp3) is 0.556. The van der Waals surface area contributed by atoms with Gasteiger partial charge in [0.05, 0.1) is 13.2 Å². The van der Waals surface area contributed by atoms with Crippen LogP contribution in [0.5, 0.6) is 0 Å². The van der Waals surface area contributed by atoms with Crippen LogP contribution in [-0.4, -0.2) is 41.1 Å². The first-order valence-electron chi connectivity index (χ1n) is 5.25. The summed E-state index contributed by atoms with van der Waals surface area (Å²) >= 11 is 0. The molecule has 1 atom stereocenters. The molecule has 1 unspecified atom stereocenters. The van der Waals surface area contributed by atoms with Crippen molar-refractivity contribution in [3.63, 3.8) is 0 Å². The molecule has 0 aliphatic carbocycles. The molecule has 0 aromatic carbocycles. The number of H-pyrrole nitrogens is 1. The summed E-state index contributed by atoms with van der Waals surface area (Å²) in [6.45, 7) is 0.164. The Morgan fingerprint density at radius 3 is 3.12 bits per heavy atom. The van der Waals surface area contributed by atoms with E-state index >= 15 is 0 Å². The smallest absolute Gasteiger partial charge is 0.277 e. The number of nitrogen functional groups attached to an aromatic ring is 1. The number of halogens is 1. The second-order valence-electron chi connectivity index (χ2n) is 3.82. The van der Waals surface area contributed by atoms with E-state index < -0.39 is 6.17 Å². The molecular weight excluding hydrogens is 229 g/mol. The van der Waals surface area contributed by atoms with Gasteiger partial charge in [0.15, 0.2) is 5.82 Å². The van der Waals surface area contributed by atoms with Crippen LogP contribution in [0, 0.1) is 0 Å². The summed E-state index contributed by atoms with van der Waals surface area (Å²) in [5.41, 5.74) is 5.36. The summed E-state index contributed by atoms with van der Waals surface area (Å²) in [6.07, 6.45) is -1.11. The fourth-order valence-electron chi connectivity index (χ4n) is 1.74. The zero-order valence-corrected chi connectivity index (χ0v) is 9.11. The molecule has 17 heavy (non-hydrogen) atoms. The number of aliphatic hydroxyl groups is 1. The van der Waals surface area contributed by atoms with Crippen LogP contribution in [0.2, 0.25) is 0 Å². The van der Waals surface area contributed by atoms with Crippen LogP contribution >= 0.6 is 0 Å². The molecule has 94 valence electrons. The molecule has 0 bridgehead atoms. The Morgan fingerprint density at radius 1 is 1.65 bits per heavy atom. The summed E-state index contributed by atoms with van der Waals surface area (Å²) in [5.74, 6) is 0.354. The normalized spacial score (nSPS) is 15.5. The van der Waals surface area contributed by atoms with Crippen molar-refractivity contribution in [1.29, 1.82) is 0 Å². The number of alkyl halides is 1. The predicted molar refractivity (Wildman–Crippen MR) is 61.7 cm³/mol. The van der Waals surface area contributed by atoms with Crippen LogP contribution < -0.4 is 21.5 Å². The zero-order chi connectivity index (χ0) is 12.4. The molecule has 1 aliphatic heterocycles. The van der Waals surface area contributed by atoms with Crippen LogP contribution in [0.3, 0.4) is 0 Å². The number of fused-ring (bicyclic) bond motifs is 1. The maximum Gasteiger partial charge on any atom is 0.277 e. The average Bonchev–Trinajstić information content (AvgIpc) is 2.62. The zero-order valence-electron chi connectivity index (χ0n) is 9.11. The van der Waals surface area contributed by atoms with Crippen molar-refractivity contribution in [2.24, 2.45) is 0 Å². The lowest BCUT2D eigenvalue weighted by atomic mass is 10.3. The minimum absolute atomic E-state index is 0.0000151. The van der Waals surface area contributed by atoms with Crippen LogP contribution in [0.1, 0.15) is 6.42 Å². The van der Waals surface area contributed by atoms with Gasteiger partial charge in [0.2, 0.25) is 5.95 Å². The van der Waals surface area contributed by atoms with E-state index in [4.69, 9.17) is 10.8 Å². The van der Waals surface area contributed by atoms with Crippen LogP contribution in [0.25, 0.3) is 0 Å². The molecule has 0 radical (unpaired) electrons. The van der Waals surface area contributed by atoms with Crippen LogP contribution in [0.4, 0.5) is 21.8 Å². The first kappa shape index (κ1) is 11.6. The minimum atomic E-state index is -1.17. The molecule has 7 nitrogen and oxygen atoms in total. The first-order chi connectivity index (χ1) is 8.11. The molecule has 5 N–H and O–H groups in total. The largest absolute Gasteiger partial charge is 0.396 e. The molecule has 8 heteroatoms. The third-order valence-electron chi connectivity index (χ3n) is 2.53. The van der Waals surface area contributed by atoms with Gasteiger partial charge in [-0.3, -0.25) is 9.78 Å². The number of rotatable bonds is 4. The van der Waals surface area contributed by atoms with Gasteiger partial charge in [-0.15, -0.1) is 0 Å². The number of nitrogens with zero attached hydrogens (tertiary/aromatic N) is 2. The summed E-state index contributed by atoms with van der Waals surface area (Å²) in [6, 6.07) is 0. The van der Waals surface area contributed by atoms with Crippen molar-refractivity contribution < 1.29 is 9.50 Å². The first-order valence-corrected chi connectivity index (χ1v) is 5.25. The van der Waals surface area contributed by atoms with Gasteiger partial charge in [-0.2, -0.15) is 4.98 Å². The number of hydrogen-bond acceptors (Lipinski definition) is 6. The van der Waals surface area contributed by atoms with Gasteiger partial charge in [0.25, 0.3) is 5.56 Å². The molecule has 0 amide bonds. The van der Waals surface area contributed by atoms with E-state index in [2.05, 4.69) is 15.3 Å². The molecule has 2 heterocycles. The van der Waals surface area contributed by atoms with Gasteiger partial charge >= 0.3 is 0 Å². The van der Waals surface area contributed by atoms with Crippen molar-refractivity contribution >= 4 is 17.5 Å². The summed E-state index contributed by atoms with van der Waals surface area (Å²) in [7, 11) is 0. The molecule has 0 spiro atoms. The topological polar surface area (TPSA) is 107 Å². The monoisotopic (exact) mass is 243 g/mol. The van der Waals surface area contributed by atoms with Crippen LogP contribution in [0.15, 0.2) is 4.79 Å². The Hall–Kier alpha value is -1.83. The summed E-state index contributed by atoms with van der Waals surface area (Å²) < 4.78 is 13.4. The summed E-state index contributed by atoms with van der Waals surface area (Å²) in [5, 5.41) is 11.5. The second kappa shape index (κ2) is 4.58. The highest BCUT2D eigenvalue weighted by Gasteiger charge is 2.25. The van der Waals surface area contributed by atoms with Crippen molar-refractivity contribution in [1.82, 2.24) is 9.97 Å². The molecule has 2 rings (SSSR count). The lowest BCUT2D eigenvalue weighted by molar-refractivity contribution is 0.222. The quantitative estimate of drug-likeness (QED) is 0.555. The Morgan fingerprint density at radius 2 is 2.41 bits per heavy atom. The van der Waals surface area contributed by atoms with Crippen molar-refractivity contribution in [2.75, 3.05) is 35.8 Å². The van der Waals surface area contributed by atoms with E-state index in [-0.39, 0.29) is 31.1 Å². The maximum absolute atomic E-state index is 13.4. The highest BCUT2D eigenvalue weighted by atomic mass is 19.1. The van der Waals surface area contributed by atoms with Gasteiger partial charge < -0.3 is 21.1 Å². The number of nitrogens with two attached hydrogens (primary N) is 1. The number of aromatic nitrogens is 2. The van der Waals surface area contributed by atoms with E-state index in [1.165, 1.54) is 0 Å². The standard InChI is InChI=1S/C9H14FN5O2/c10-5(1-2-16)3-15-4-12-6-7(15)13-9(11)14-8(6)17/h5,12,16H,1-4H2,(H3,11,13,14,17). The van der Waals surface area contributed by atoms with E-state index in [1.807, 2.05) is 0 Å². The molecule has 1 aromatic rings. The lowest BCUT2D eigenvalue weighted by Crippen LogP contribution is -2.31. The molecule has 0 saturated carbocycles. The highest BCUT2D eigenvalue weighted by molar-refractivity contribution is 5.70. The third-order valence-corrected chi connectivity index (χ3v) is 2.53. The molecular formula is C9H14FN5O2. The number of anilines is 3. The Labute approximate surface area is 96.5 Å². The van der Waals surface area contributed by atoms with Crippen molar-refractivity contribution in [2.45, 2.75) is 12.6 Å². The van der Waals surface area contributed by atoms with Gasteiger partial charge in [-0.05, 0) is 0 Å². The minimum Gasteiger partial charge on any atom is -0.396 e. The predicted octanol–water partition coefficient (Wildman–Crippen LogP) is -0.738. The molecule has 1 aromatic heterocycles. The number of aromatic amines is 1. The van der Waals surface area contributed by atoms with E-state index in [1.54, 1.807) is 4.90 Å². The molecule has 1 aliphatic rings. The maximum atomic E-state index is 13.4. The summed E-state index contributed by atoms with van der Waals surface area (Å²) in [4.78, 5) is 19.4. The molecule has 0 saturated heterocycles. The highest BCUT2D eigenvalue weighted by Crippen LogP contribution is 2.25. The SMILES string of the molecule is Nc1nc2c(c(=O)[nH]1)NCN2CC(F)CCO. The van der Waals surface area contributed by atoms with E-state index in [9.17, 15) is 9.18 Å². The van der Waals surface area contributed by atoms with Crippen LogP contribution in [-0.2, 0) is 0 Å². The fourth-order valence-corrected chi connectivity index (χ4v) is 1.74. The van der Waals surface area contributed by atoms with Gasteiger partial charge in [-0.1, -0.05) is 0 Å².